The minimum absolute atomic E-state index is 0.0974. The maximum absolute atomic E-state index is 13.3. The third-order valence-electron chi connectivity index (χ3n) is 7.25. The summed E-state index contributed by atoms with van der Waals surface area (Å²) in [5.41, 5.74) is 1.54. The van der Waals surface area contributed by atoms with Gasteiger partial charge in [0.2, 0.25) is 16.1 Å². The largest absolute Gasteiger partial charge is 0.490 e. The Hall–Kier alpha value is -1.75. The van der Waals surface area contributed by atoms with Gasteiger partial charge in [-0.2, -0.15) is 4.31 Å². The van der Waals surface area contributed by atoms with Gasteiger partial charge in [-0.3, -0.25) is 10.1 Å². The van der Waals surface area contributed by atoms with Crippen LogP contribution in [0.4, 0.5) is 0 Å². The first-order valence-electron chi connectivity index (χ1n) is 10.6. The molecule has 2 heterocycles. The molecule has 1 aliphatic carbocycles. The van der Waals surface area contributed by atoms with Crippen molar-refractivity contribution in [3.8, 4) is 0 Å². The number of benzene rings is 1. The Balaban J connectivity index is 1.71. The molecule has 2 saturated heterocycles. The monoisotopic (exact) mass is 448 g/mol. The van der Waals surface area contributed by atoms with Crippen LogP contribution in [0, 0.1) is 23.0 Å². The molecule has 2 fully saturated rings. The standard InChI is InChI=1S/C21H29BN2O6S/c1-14-6-8-15(9-7-14)31(27,28)23-12-16-17(13-23)19(24(25)26)11-10-18(16)22-29-20(2,3)21(4,5)30-22/h6-9,17,19H,10-13H2,1-5H3/t17-,19-/m0/s1. The van der Waals surface area contributed by atoms with Crippen molar-refractivity contribution in [3.63, 3.8) is 0 Å². The van der Waals surface area contributed by atoms with E-state index in [1.807, 2.05) is 34.6 Å². The van der Waals surface area contributed by atoms with Gasteiger partial charge in [0.05, 0.1) is 22.0 Å². The molecule has 0 amide bonds. The maximum atomic E-state index is 13.3. The van der Waals surface area contributed by atoms with E-state index in [9.17, 15) is 18.5 Å². The highest BCUT2D eigenvalue weighted by atomic mass is 32.2. The van der Waals surface area contributed by atoms with Crippen molar-refractivity contribution in [1.82, 2.24) is 4.31 Å². The van der Waals surface area contributed by atoms with E-state index < -0.39 is 40.3 Å². The van der Waals surface area contributed by atoms with Gasteiger partial charge in [0, 0.05) is 24.4 Å². The zero-order chi connectivity index (χ0) is 22.8. The highest BCUT2D eigenvalue weighted by molar-refractivity contribution is 7.89. The lowest BCUT2D eigenvalue weighted by Gasteiger charge is -2.32. The smallest absolute Gasteiger partial charge is 0.400 e. The summed E-state index contributed by atoms with van der Waals surface area (Å²) >= 11 is 0. The van der Waals surface area contributed by atoms with Crippen LogP contribution in [0.15, 0.2) is 40.2 Å². The maximum Gasteiger partial charge on any atom is 0.490 e. The fraction of sp³-hybridized carbons (Fsp3) is 0.619. The number of aryl methyl sites for hydroxylation is 1. The molecule has 8 nitrogen and oxygen atoms in total. The number of sulfonamides is 1. The van der Waals surface area contributed by atoms with E-state index in [0.29, 0.717) is 12.8 Å². The van der Waals surface area contributed by atoms with Gasteiger partial charge >= 0.3 is 7.12 Å². The minimum atomic E-state index is -3.76. The lowest BCUT2D eigenvalue weighted by Crippen LogP contribution is -2.41. The summed E-state index contributed by atoms with van der Waals surface area (Å²) < 4.78 is 40.3. The number of nitrogens with zero attached hydrogens (tertiary/aromatic N) is 2. The second-order valence-electron chi connectivity index (χ2n) is 9.75. The first kappa shape index (κ1) is 22.4. The van der Waals surface area contributed by atoms with Gasteiger partial charge in [-0.05, 0) is 64.2 Å². The van der Waals surface area contributed by atoms with Gasteiger partial charge < -0.3 is 9.31 Å². The van der Waals surface area contributed by atoms with E-state index in [1.165, 1.54) is 4.31 Å². The zero-order valence-corrected chi connectivity index (χ0v) is 19.4. The second kappa shape index (κ2) is 7.40. The lowest BCUT2D eigenvalue weighted by atomic mass is 9.66. The van der Waals surface area contributed by atoms with Crippen LogP contribution >= 0.6 is 0 Å². The zero-order valence-electron chi connectivity index (χ0n) is 18.6. The molecular formula is C21H29BN2O6S. The summed E-state index contributed by atoms with van der Waals surface area (Å²) in [5.74, 6) is -0.474. The Morgan fingerprint density at radius 1 is 1.13 bits per heavy atom. The second-order valence-corrected chi connectivity index (χ2v) is 11.7. The van der Waals surface area contributed by atoms with Crippen LogP contribution < -0.4 is 0 Å². The number of hydrogen-bond acceptors (Lipinski definition) is 6. The molecule has 168 valence electrons. The normalized spacial score (nSPS) is 28.1. The predicted octanol–water partition coefficient (Wildman–Crippen LogP) is 2.98. The van der Waals surface area contributed by atoms with E-state index >= 15 is 0 Å². The molecule has 2 atom stereocenters. The van der Waals surface area contributed by atoms with Crippen LogP contribution in [-0.2, 0) is 19.3 Å². The summed E-state index contributed by atoms with van der Waals surface area (Å²) in [5, 5.41) is 11.7. The number of nitro groups is 1. The van der Waals surface area contributed by atoms with Crippen LogP contribution in [-0.4, -0.2) is 55.1 Å². The summed E-state index contributed by atoms with van der Waals surface area (Å²) in [6, 6.07) is 5.87. The Morgan fingerprint density at radius 3 is 2.26 bits per heavy atom. The molecule has 10 heteroatoms. The summed E-state index contributed by atoms with van der Waals surface area (Å²) in [6.45, 7) is 9.96. The van der Waals surface area contributed by atoms with E-state index in [0.717, 1.165) is 16.6 Å². The van der Waals surface area contributed by atoms with Crippen molar-refractivity contribution in [1.29, 1.82) is 0 Å². The molecule has 1 aromatic carbocycles. The highest BCUT2D eigenvalue weighted by Crippen LogP contribution is 2.45. The van der Waals surface area contributed by atoms with E-state index in [2.05, 4.69) is 0 Å². The Morgan fingerprint density at radius 2 is 1.71 bits per heavy atom. The molecule has 31 heavy (non-hydrogen) atoms. The minimum Gasteiger partial charge on any atom is -0.400 e. The SMILES string of the molecule is Cc1ccc(S(=O)(=O)N2CC3=C(B4OC(C)(C)C(C)(C)O4)CC[C@H]([N+](=O)[O-])[C@H]3C2)cc1. The van der Waals surface area contributed by atoms with Gasteiger partial charge in [-0.1, -0.05) is 17.7 Å². The average Bonchev–Trinajstić information content (AvgIpc) is 3.20. The fourth-order valence-electron chi connectivity index (χ4n) is 4.61. The van der Waals surface area contributed by atoms with Crippen molar-refractivity contribution in [2.45, 2.75) is 69.6 Å². The summed E-state index contributed by atoms with van der Waals surface area (Å²) in [6.07, 6.45) is 0.811. The Kier molecular flexibility index (Phi) is 5.36. The van der Waals surface area contributed by atoms with Crippen LogP contribution in [0.2, 0.25) is 0 Å². The van der Waals surface area contributed by atoms with Crippen LogP contribution in [0.1, 0.15) is 46.1 Å². The van der Waals surface area contributed by atoms with Crippen LogP contribution in [0.25, 0.3) is 0 Å². The first-order chi connectivity index (χ1) is 14.3. The van der Waals surface area contributed by atoms with Gasteiger partial charge in [-0.15, -0.1) is 0 Å². The lowest BCUT2D eigenvalue weighted by molar-refractivity contribution is -0.531. The number of fused-ring (bicyclic) bond motifs is 1. The van der Waals surface area contributed by atoms with Crippen molar-refractivity contribution in [2.75, 3.05) is 13.1 Å². The van der Waals surface area contributed by atoms with Crippen molar-refractivity contribution in [2.24, 2.45) is 5.92 Å². The molecule has 2 aliphatic heterocycles. The molecule has 0 radical (unpaired) electrons. The first-order valence-corrected chi connectivity index (χ1v) is 12.1. The van der Waals surface area contributed by atoms with Crippen LogP contribution in [0.3, 0.4) is 0 Å². The van der Waals surface area contributed by atoms with E-state index in [-0.39, 0.29) is 22.9 Å². The molecule has 0 unspecified atom stereocenters. The van der Waals surface area contributed by atoms with Gasteiger partial charge in [-0.25, -0.2) is 8.42 Å². The van der Waals surface area contributed by atoms with Crippen molar-refractivity contribution >= 4 is 17.1 Å². The number of rotatable bonds is 4. The molecule has 0 spiro atoms. The summed E-state index contributed by atoms with van der Waals surface area (Å²) in [7, 11) is -4.37. The number of allylic oxidation sites excluding steroid dienone is 1. The topological polar surface area (TPSA) is 99.0 Å². The molecule has 1 aromatic rings. The quantitative estimate of drug-likeness (QED) is 0.399. The third-order valence-corrected chi connectivity index (χ3v) is 9.07. The summed E-state index contributed by atoms with van der Waals surface area (Å²) in [4.78, 5) is 11.7. The van der Waals surface area contributed by atoms with Crippen LogP contribution in [0.5, 0.6) is 0 Å². The van der Waals surface area contributed by atoms with Gasteiger partial charge in [0.1, 0.15) is 0 Å². The Labute approximate surface area is 183 Å². The van der Waals surface area contributed by atoms with Gasteiger partial charge in [0.15, 0.2) is 0 Å². The van der Waals surface area contributed by atoms with Crippen molar-refractivity contribution < 1.29 is 22.6 Å². The molecule has 3 aliphatic rings. The highest BCUT2D eigenvalue weighted by Gasteiger charge is 2.56. The average molecular weight is 448 g/mol. The molecule has 0 N–H and O–H groups in total. The van der Waals surface area contributed by atoms with E-state index in [4.69, 9.17) is 9.31 Å². The Bertz CT molecular complexity index is 1020. The number of hydrogen-bond donors (Lipinski definition) is 0. The fourth-order valence-corrected chi connectivity index (χ4v) is 6.05. The molecule has 4 rings (SSSR count). The van der Waals surface area contributed by atoms with E-state index in [1.54, 1.807) is 24.3 Å². The van der Waals surface area contributed by atoms with Crippen molar-refractivity contribution in [3.05, 3.63) is 51.0 Å². The molecular weight excluding hydrogens is 419 g/mol. The third kappa shape index (κ3) is 3.73. The molecule has 0 bridgehead atoms. The predicted molar refractivity (Wildman–Crippen MR) is 117 cm³/mol. The van der Waals surface area contributed by atoms with Gasteiger partial charge in [0.25, 0.3) is 0 Å². The molecule has 0 saturated carbocycles. The molecule has 0 aromatic heterocycles.